The number of likely N-dealkylation sites (tertiary alicyclic amines) is 1. The molecule has 0 aliphatic carbocycles. The molecule has 20 heavy (non-hydrogen) atoms. The first-order chi connectivity index (χ1) is 9.26. The highest BCUT2D eigenvalue weighted by Crippen LogP contribution is 2.21. The third-order valence-electron chi connectivity index (χ3n) is 3.45. The van der Waals surface area contributed by atoms with E-state index in [0.29, 0.717) is 24.6 Å². The SMILES string of the molecule is COCc1cc(C(=O)N2CCCCC2CCN)no1.Cl. The van der Waals surface area contributed by atoms with Gasteiger partial charge in [0.2, 0.25) is 0 Å². The van der Waals surface area contributed by atoms with Crippen LogP contribution in [-0.4, -0.2) is 42.2 Å². The average molecular weight is 304 g/mol. The Morgan fingerprint density at radius 2 is 2.40 bits per heavy atom. The van der Waals surface area contributed by atoms with E-state index in [-0.39, 0.29) is 24.4 Å². The molecule has 7 heteroatoms. The fourth-order valence-electron chi connectivity index (χ4n) is 2.53. The lowest BCUT2D eigenvalue weighted by Gasteiger charge is -2.35. The summed E-state index contributed by atoms with van der Waals surface area (Å²) in [5.41, 5.74) is 5.97. The third-order valence-corrected chi connectivity index (χ3v) is 3.45. The number of piperidine rings is 1. The zero-order valence-corrected chi connectivity index (χ0v) is 12.5. The Morgan fingerprint density at radius 3 is 3.10 bits per heavy atom. The van der Waals surface area contributed by atoms with Crippen LogP contribution >= 0.6 is 12.4 Å². The molecule has 1 amide bonds. The molecule has 2 rings (SSSR count). The molecule has 0 aromatic carbocycles. The Balaban J connectivity index is 0.00000200. The lowest BCUT2D eigenvalue weighted by atomic mass is 9.99. The molecule has 1 aliphatic heterocycles. The number of nitrogens with zero attached hydrogens (tertiary/aromatic N) is 2. The predicted octanol–water partition coefficient (Wildman–Crippen LogP) is 1.59. The second-order valence-electron chi connectivity index (χ2n) is 4.84. The van der Waals surface area contributed by atoms with Gasteiger partial charge in [-0.15, -0.1) is 12.4 Å². The van der Waals surface area contributed by atoms with Crippen LogP contribution in [0.1, 0.15) is 41.9 Å². The fourth-order valence-corrected chi connectivity index (χ4v) is 2.53. The van der Waals surface area contributed by atoms with E-state index in [0.717, 1.165) is 32.2 Å². The number of hydrogen-bond donors (Lipinski definition) is 1. The number of ether oxygens (including phenoxy) is 1. The molecule has 1 aliphatic rings. The Bertz CT molecular complexity index is 423. The highest BCUT2D eigenvalue weighted by Gasteiger charge is 2.28. The third kappa shape index (κ3) is 3.94. The molecule has 6 nitrogen and oxygen atoms in total. The minimum atomic E-state index is -0.0655. The number of nitrogens with two attached hydrogens (primary N) is 1. The van der Waals surface area contributed by atoms with Crippen molar-refractivity contribution in [1.82, 2.24) is 10.1 Å². The second kappa shape index (κ2) is 8.24. The van der Waals surface area contributed by atoms with Gasteiger partial charge in [0.25, 0.3) is 5.91 Å². The summed E-state index contributed by atoms with van der Waals surface area (Å²) in [7, 11) is 1.58. The molecule has 2 N–H and O–H groups in total. The number of aromatic nitrogens is 1. The highest BCUT2D eigenvalue weighted by atomic mass is 35.5. The number of carbonyl (C=O) groups excluding carboxylic acids is 1. The topological polar surface area (TPSA) is 81.6 Å². The van der Waals surface area contributed by atoms with Gasteiger partial charge in [0.15, 0.2) is 11.5 Å². The Morgan fingerprint density at radius 1 is 1.60 bits per heavy atom. The van der Waals surface area contributed by atoms with E-state index in [4.69, 9.17) is 15.0 Å². The van der Waals surface area contributed by atoms with E-state index in [1.807, 2.05) is 4.90 Å². The first kappa shape index (κ1) is 16.9. The molecular formula is C13H22ClN3O3. The number of hydrogen-bond acceptors (Lipinski definition) is 5. The van der Waals surface area contributed by atoms with Crippen LogP contribution in [-0.2, 0) is 11.3 Å². The quantitative estimate of drug-likeness (QED) is 0.893. The fraction of sp³-hybridized carbons (Fsp3) is 0.692. The van der Waals surface area contributed by atoms with E-state index >= 15 is 0 Å². The van der Waals surface area contributed by atoms with Crippen molar-refractivity contribution in [3.63, 3.8) is 0 Å². The first-order valence-corrected chi connectivity index (χ1v) is 6.72. The van der Waals surface area contributed by atoms with Gasteiger partial charge in [0, 0.05) is 25.8 Å². The van der Waals surface area contributed by atoms with Crippen molar-refractivity contribution in [2.75, 3.05) is 20.2 Å². The van der Waals surface area contributed by atoms with Crippen LogP contribution < -0.4 is 5.73 Å². The molecule has 1 aromatic rings. The molecule has 114 valence electrons. The van der Waals surface area contributed by atoms with Gasteiger partial charge in [-0.2, -0.15) is 0 Å². The molecule has 1 atom stereocenters. The zero-order chi connectivity index (χ0) is 13.7. The first-order valence-electron chi connectivity index (χ1n) is 6.72. The predicted molar refractivity (Wildman–Crippen MR) is 76.8 cm³/mol. The summed E-state index contributed by atoms with van der Waals surface area (Å²) < 4.78 is 10.0. The number of amides is 1. The summed E-state index contributed by atoms with van der Waals surface area (Å²) >= 11 is 0. The molecule has 1 fully saturated rings. The van der Waals surface area contributed by atoms with Crippen LogP contribution in [0.3, 0.4) is 0 Å². The monoisotopic (exact) mass is 303 g/mol. The van der Waals surface area contributed by atoms with Crippen LogP contribution in [0.2, 0.25) is 0 Å². The molecule has 1 unspecified atom stereocenters. The van der Waals surface area contributed by atoms with Crippen LogP contribution in [0.25, 0.3) is 0 Å². The average Bonchev–Trinajstić information content (AvgIpc) is 2.88. The largest absolute Gasteiger partial charge is 0.377 e. The van der Waals surface area contributed by atoms with Gasteiger partial charge >= 0.3 is 0 Å². The van der Waals surface area contributed by atoms with Crippen LogP contribution in [0.5, 0.6) is 0 Å². The van der Waals surface area contributed by atoms with Crippen LogP contribution in [0, 0.1) is 0 Å². The number of rotatable bonds is 5. The van der Waals surface area contributed by atoms with Crippen molar-refractivity contribution >= 4 is 18.3 Å². The van der Waals surface area contributed by atoms with E-state index in [9.17, 15) is 4.79 Å². The molecule has 0 bridgehead atoms. The highest BCUT2D eigenvalue weighted by molar-refractivity contribution is 5.92. The maximum absolute atomic E-state index is 12.4. The zero-order valence-electron chi connectivity index (χ0n) is 11.7. The van der Waals surface area contributed by atoms with Crippen molar-refractivity contribution in [3.05, 3.63) is 17.5 Å². The molecule has 0 radical (unpaired) electrons. The van der Waals surface area contributed by atoms with E-state index in [2.05, 4.69) is 5.16 Å². The molecular weight excluding hydrogens is 282 g/mol. The molecule has 2 heterocycles. The van der Waals surface area contributed by atoms with E-state index < -0.39 is 0 Å². The Labute approximate surface area is 125 Å². The van der Waals surface area contributed by atoms with Gasteiger partial charge in [-0.05, 0) is 32.2 Å². The van der Waals surface area contributed by atoms with Gasteiger partial charge in [0.1, 0.15) is 6.61 Å². The minimum Gasteiger partial charge on any atom is -0.377 e. The molecule has 1 saturated heterocycles. The van der Waals surface area contributed by atoms with Gasteiger partial charge < -0.3 is 19.9 Å². The van der Waals surface area contributed by atoms with Crippen molar-refractivity contribution < 1.29 is 14.1 Å². The lowest BCUT2D eigenvalue weighted by Crippen LogP contribution is -2.44. The summed E-state index contributed by atoms with van der Waals surface area (Å²) in [6.45, 7) is 1.70. The van der Waals surface area contributed by atoms with Gasteiger partial charge in [-0.3, -0.25) is 4.79 Å². The van der Waals surface area contributed by atoms with Crippen LogP contribution in [0.4, 0.5) is 0 Å². The van der Waals surface area contributed by atoms with Crippen molar-refractivity contribution in [2.45, 2.75) is 38.3 Å². The normalized spacial score (nSPS) is 18.7. The summed E-state index contributed by atoms with van der Waals surface area (Å²) in [4.78, 5) is 14.3. The summed E-state index contributed by atoms with van der Waals surface area (Å²) in [5, 5.41) is 3.83. The number of halogens is 1. The lowest BCUT2D eigenvalue weighted by molar-refractivity contribution is 0.0594. The van der Waals surface area contributed by atoms with Gasteiger partial charge in [-0.1, -0.05) is 5.16 Å². The Kier molecular flexibility index (Phi) is 6.98. The Hall–Kier alpha value is -1.11. The van der Waals surface area contributed by atoms with Gasteiger partial charge in [0.05, 0.1) is 0 Å². The maximum atomic E-state index is 12.4. The van der Waals surface area contributed by atoms with E-state index in [1.165, 1.54) is 0 Å². The molecule has 1 aromatic heterocycles. The van der Waals surface area contributed by atoms with Crippen molar-refractivity contribution in [2.24, 2.45) is 5.73 Å². The van der Waals surface area contributed by atoms with Crippen molar-refractivity contribution in [1.29, 1.82) is 0 Å². The molecule has 0 saturated carbocycles. The standard InChI is InChI=1S/C13H21N3O3.ClH/c1-18-9-11-8-12(15-19-11)13(17)16-7-3-2-4-10(16)5-6-14;/h8,10H,2-7,9,14H2,1H3;1H. The summed E-state index contributed by atoms with van der Waals surface area (Å²) in [6.07, 6.45) is 4.05. The number of methoxy groups -OCH3 is 1. The van der Waals surface area contributed by atoms with Crippen molar-refractivity contribution in [3.8, 4) is 0 Å². The second-order valence-corrected chi connectivity index (χ2v) is 4.84. The molecule has 0 spiro atoms. The summed E-state index contributed by atoms with van der Waals surface area (Å²) in [6, 6.07) is 1.88. The van der Waals surface area contributed by atoms with E-state index in [1.54, 1.807) is 13.2 Å². The van der Waals surface area contributed by atoms with Gasteiger partial charge in [-0.25, -0.2) is 0 Å². The van der Waals surface area contributed by atoms with Crippen LogP contribution in [0.15, 0.2) is 10.6 Å². The minimum absolute atomic E-state index is 0. The number of carbonyl (C=O) groups is 1. The summed E-state index contributed by atoms with van der Waals surface area (Å²) in [5.74, 6) is 0.502. The smallest absolute Gasteiger partial charge is 0.276 e. The maximum Gasteiger partial charge on any atom is 0.276 e.